The van der Waals surface area contributed by atoms with Crippen molar-refractivity contribution in [3.63, 3.8) is 0 Å². The Balaban J connectivity index is 1.90. The van der Waals surface area contributed by atoms with Gasteiger partial charge in [-0.15, -0.1) is 11.3 Å². The summed E-state index contributed by atoms with van der Waals surface area (Å²) in [4.78, 5) is 8.30. The second-order valence-electron chi connectivity index (χ2n) is 5.52. The molecule has 1 atom stereocenters. The van der Waals surface area contributed by atoms with Crippen LogP contribution in [0.15, 0.2) is 6.20 Å². The van der Waals surface area contributed by atoms with Crippen molar-refractivity contribution >= 4 is 11.3 Å². The van der Waals surface area contributed by atoms with Gasteiger partial charge in [0.25, 0.3) is 0 Å². The third-order valence-corrected chi connectivity index (χ3v) is 4.52. The third kappa shape index (κ3) is 4.04. The van der Waals surface area contributed by atoms with E-state index in [4.69, 9.17) is 0 Å². The molecule has 1 aliphatic heterocycles. The van der Waals surface area contributed by atoms with Crippen molar-refractivity contribution in [2.24, 2.45) is 0 Å². The zero-order chi connectivity index (χ0) is 13.0. The van der Waals surface area contributed by atoms with E-state index in [0.717, 1.165) is 13.1 Å². The molecule has 0 spiro atoms. The van der Waals surface area contributed by atoms with E-state index in [1.807, 2.05) is 17.5 Å². The maximum atomic E-state index is 4.35. The molecule has 0 saturated carbocycles. The lowest BCUT2D eigenvalue weighted by Gasteiger charge is -2.32. The topological polar surface area (TPSA) is 28.2 Å². The van der Waals surface area contributed by atoms with E-state index in [0.29, 0.717) is 12.1 Å². The molecule has 1 saturated heterocycles. The molecule has 2 heterocycles. The Morgan fingerprint density at radius 3 is 2.89 bits per heavy atom. The highest BCUT2D eigenvalue weighted by Crippen LogP contribution is 2.17. The van der Waals surface area contributed by atoms with Gasteiger partial charge in [-0.1, -0.05) is 6.42 Å². The van der Waals surface area contributed by atoms with Crippen LogP contribution in [0.2, 0.25) is 0 Å². The van der Waals surface area contributed by atoms with Gasteiger partial charge in [-0.05, 0) is 40.2 Å². The Kier molecular flexibility index (Phi) is 5.15. The lowest BCUT2D eigenvalue weighted by atomic mass is 10.0. The Hall–Kier alpha value is -0.450. The lowest BCUT2D eigenvalue weighted by molar-refractivity contribution is 0.178. The maximum absolute atomic E-state index is 4.35. The molecule has 1 unspecified atom stereocenters. The van der Waals surface area contributed by atoms with Crippen LogP contribution >= 0.6 is 11.3 Å². The summed E-state index contributed by atoms with van der Waals surface area (Å²) in [5, 5.41) is 4.81. The summed E-state index contributed by atoms with van der Waals surface area (Å²) >= 11 is 1.82. The lowest BCUT2D eigenvalue weighted by Crippen LogP contribution is -2.45. The van der Waals surface area contributed by atoms with Crippen molar-refractivity contribution in [1.29, 1.82) is 0 Å². The number of nitrogens with one attached hydrogen (secondary N) is 1. The van der Waals surface area contributed by atoms with Crippen LogP contribution < -0.4 is 5.32 Å². The van der Waals surface area contributed by atoms with E-state index in [1.54, 1.807) is 0 Å². The first kappa shape index (κ1) is 14.0. The number of rotatable bonds is 5. The molecule has 1 aliphatic rings. The average molecular weight is 267 g/mol. The summed E-state index contributed by atoms with van der Waals surface area (Å²) < 4.78 is 0. The number of hydrogen-bond acceptors (Lipinski definition) is 4. The van der Waals surface area contributed by atoms with Gasteiger partial charge in [-0.2, -0.15) is 0 Å². The molecule has 1 aromatic rings. The summed E-state index contributed by atoms with van der Waals surface area (Å²) in [6.45, 7) is 10.1. The number of piperidine rings is 1. The van der Waals surface area contributed by atoms with Crippen molar-refractivity contribution < 1.29 is 0 Å². The molecule has 1 N–H and O–H groups in total. The van der Waals surface area contributed by atoms with Crippen molar-refractivity contribution in [1.82, 2.24) is 15.2 Å². The Labute approximate surface area is 115 Å². The van der Waals surface area contributed by atoms with E-state index in [9.17, 15) is 0 Å². The fourth-order valence-electron chi connectivity index (χ4n) is 2.50. The molecule has 0 aromatic carbocycles. The fourth-order valence-corrected chi connectivity index (χ4v) is 3.32. The van der Waals surface area contributed by atoms with Gasteiger partial charge in [0.05, 0.1) is 5.01 Å². The van der Waals surface area contributed by atoms with E-state index >= 15 is 0 Å². The van der Waals surface area contributed by atoms with Gasteiger partial charge in [0.1, 0.15) is 0 Å². The van der Waals surface area contributed by atoms with Crippen LogP contribution in [-0.4, -0.2) is 35.1 Å². The van der Waals surface area contributed by atoms with Crippen LogP contribution in [0.1, 0.15) is 43.0 Å². The highest BCUT2D eigenvalue weighted by atomic mass is 32.1. The summed E-state index contributed by atoms with van der Waals surface area (Å²) in [6.07, 6.45) is 6.07. The van der Waals surface area contributed by atoms with Crippen molar-refractivity contribution in [2.75, 3.05) is 13.1 Å². The minimum absolute atomic E-state index is 0.594. The first-order valence-corrected chi connectivity index (χ1v) is 7.85. The van der Waals surface area contributed by atoms with Crippen LogP contribution in [0.25, 0.3) is 0 Å². The van der Waals surface area contributed by atoms with Crippen LogP contribution in [-0.2, 0) is 6.54 Å². The molecule has 0 radical (unpaired) electrons. The number of aryl methyl sites for hydroxylation is 1. The molecule has 0 bridgehead atoms. The van der Waals surface area contributed by atoms with Crippen molar-refractivity contribution in [2.45, 2.75) is 58.7 Å². The van der Waals surface area contributed by atoms with E-state index in [1.165, 1.54) is 35.7 Å². The zero-order valence-corrected chi connectivity index (χ0v) is 12.6. The summed E-state index contributed by atoms with van der Waals surface area (Å²) in [7, 11) is 0. The largest absolute Gasteiger partial charge is 0.313 e. The number of hydrogen-bond donors (Lipinski definition) is 1. The average Bonchev–Trinajstić information content (AvgIpc) is 2.75. The summed E-state index contributed by atoms with van der Waals surface area (Å²) in [6, 6.07) is 1.27. The second-order valence-corrected chi connectivity index (χ2v) is 6.83. The van der Waals surface area contributed by atoms with Crippen LogP contribution in [0.3, 0.4) is 0 Å². The molecule has 1 aromatic heterocycles. The molecule has 3 nitrogen and oxygen atoms in total. The van der Waals surface area contributed by atoms with E-state index in [-0.39, 0.29) is 0 Å². The Morgan fingerprint density at radius 1 is 1.50 bits per heavy atom. The number of aromatic nitrogens is 1. The third-order valence-electron chi connectivity index (χ3n) is 3.63. The standard InChI is InChI=1S/C14H25N3S/c1-11(2)17(9-13-6-4-5-7-15-13)10-14-8-16-12(3)18-14/h8,11,13,15H,4-7,9-10H2,1-3H3. The Morgan fingerprint density at radius 2 is 2.33 bits per heavy atom. The van der Waals surface area contributed by atoms with E-state index < -0.39 is 0 Å². The molecule has 2 rings (SSSR count). The van der Waals surface area contributed by atoms with Gasteiger partial charge in [0.2, 0.25) is 0 Å². The number of thiazole rings is 1. The number of nitrogens with zero attached hydrogens (tertiary/aromatic N) is 2. The molecular formula is C14H25N3S. The molecule has 0 aliphatic carbocycles. The molecular weight excluding hydrogens is 242 g/mol. The molecule has 102 valence electrons. The van der Waals surface area contributed by atoms with Gasteiger partial charge in [0, 0.05) is 36.2 Å². The second kappa shape index (κ2) is 6.64. The van der Waals surface area contributed by atoms with Crippen LogP contribution in [0.5, 0.6) is 0 Å². The highest BCUT2D eigenvalue weighted by Gasteiger charge is 2.19. The predicted molar refractivity (Wildman–Crippen MR) is 78.0 cm³/mol. The van der Waals surface area contributed by atoms with Gasteiger partial charge >= 0.3 is 0 Å². The molecule has 18 heavy (non-hydrogen) atoms. The summed E-state index contributed by atoms with van der Waals surface area (Å²) in [5.74, 6) is 0. The van der Waals surface area contributed by atoms with Gasteiger partial charge < -0.3 is 5.32 Å². The monoisotopic (exact) mass is 267 g/mol. The molecule has 4 heteroatoms. The predicted octanol–water partition coefficient (Wildman–Crippen LogP) is 2.80. The van der Waals surface area contributed by atoms with Crippen molar-refractivity contribution in [3.05, 3.63) is 16.1 Å². The Bertz CT molecular complexity index is 356. The normalized spacial score (nSPS) is 20.8. The van der Waals surface area contributed by atoms with Gasteiger partial charge in [0.15, 0.2) is 0 Å². The highest BCUT2D eigenvalue weighted by molar-refractivity contribution is 7.11. The van der Waals surface area contributed by atoms with Gasteiger partial charge in [-0.3, -0.25) is 4.90 Å². The minimum atomic E-state index is 0.594. The van der Waals surface area contributed by atoms with Crippen LogP contribution in [0.4, 0.5) is 0 Å². The summed E-state index contributed by atoms with van der Waals surface area (Å²) in [5.41, 5.74) is 0. The zero-order valence-electron chi connectivity index (χ0n) is 11.8. The van der Waals surface area contributed by atoms with E-state index in [2.05, 4.69) is 36.0 Å². The first-order chi connectivity index (χ1) is 8.65. The van der Waals surface area contributed by atoms with Crippen LogP contribution in [0, 0.1) is 6.92 Å². The molecule has 1 fully saturated rings. The fraction of sp³-hybridized carbons (Fsp3) is 0.786. The SMILES string of the molecule is Cc1ncc(CN(CC2CCCCN2)C(C)C)s1. The quantitative estimate of drug-likeness (QED) is 0.889. The smallest absolute Gasteiger partial charge is 0.0897 e. The maximum Gasteiger partial charge on any atom is 0.0897 e. The van der Waals surface area contributed by atoms with Crippen molar-refractivity contribution in [3.8, 4) is 0 Å². The molecule has 0 amide bonds. The minimum Gasteiger partial charge on any atom is -0.313 e. The van der Waals surface area contributed by atoms with Gasteiger partial charge in [-0.25, -0.2) is 4.98 Å². The first-order valence-electron chi connectivity index (χ1n) is 7.04.